The van der Waals surface area contributed by atoms with E-state index < -0.39 is 18.3 Å². The van der Waals surface area contributed by atoms with Gasteiger partial charge in [0.05, 0.1) is 20.3 Å². The Morgan fingerprint density at radius 2 is 1.58 bits per heavy atom. The van der Waals surface area contributed by atoms with Gasteiger partial charge in [-0.05, 0) is 17.7 Å². The molecule has 0 unspecified atom stereocenters. The minimum absolute atomic E-state index is 0.0728. The lowest BCUT2D eigenvalue weighted by molar-refractivity contribution is -0.210. The Morgan fingerprint density at radius 3 is 1.89 bits per heavy atom. The molecule has 2 atom stereocenters. The summed E-state index contributed by atoms with van der Waals surface area (Å²) in [6.45, 7) is 0. The number of hydrogen-bond donors (Lipinski definition) is 3. The van der Waals surface area contributed by atoms with Gasteiger partial charge in [0.2, 0.25) is 5.75 Å². The van der Waals surface area contributed by atoms with Crippen molar-refractivity contribution in [2.45, 2.75) is 18.3 Å². The number of ether oxygens (including phenoxy) is 2. The molecule has 19 heavy (non-hydrogen) atoms. The Morgan fingerprint density at radius 1 is 1.16 bits per heavy atom. The predicted molar refractivity (Wildman–Crippen MR) is 60.2 cm³/mol. The maximum atomic E-state index is 12.4. The van der Waals surface area contributed by atoms with Crippen molar-refractivity contribution < 1.29 is 32.9 Å². The van der Waals surface area contributed by atoms with Crippen LogP contribution in [0.15, 0.2) is 12.1 Å². The average molecular weight is 281 g/mol. The van der Waals surface area contributed by atoms with Gasteiger partial charge in [-0.25, -0.2) is 0 Å². The number of aromatic hydroxyl groups is 1. The molecule has 0 saturated carbocycles. The second-order valence-electron chi connectivity index (χ2n) is 3.79. The first kappa shape index (κ1) is 15.4. The Hall–Kier alpha value is -1.67. The molecule has 1 aromatic rings. The molecule has 0 aliphatic rings. The normalized spacial score (nSPS) is 14.9. The van der Waals surface area contributed by atoms with Crippen LogP contribution in [0.5, 0.6) is 17.2 Å². The van der Waals surface area contributed by atoms with Gasteiger partial charge in [0.1, 0.15) is 0 Å². The number of phenolic OH excluding ortho intramolecular Hbond substituents is 1. The standard InChI is InChI=1S/C11H14F3NO4/c1-18-6-3-5(4-7(19-2)9(6)16)8(15)10(17)11(12,13)14/h3-4,8,10,16-17H,15H2,1-2H3/t8-,10-/m1/s1. The Labute approximate surface area is 107 Å². The molecule has 0 saturated heterocycles. The minimum Gasteiger partial charge on any atom is -0.502 e. The summed E-state index contributed by atoms with van der Waals surface area (Å²) in [5, 5.41) is 18.7. The maximum Gasteiger partial charge on any atom is 0.416 e. The van der Waals surface area contributed by atoms with Crippen LogP contribution in [0.2, 0.25) is 0 Å². The molecule has 1 rings (SSSR count). The van der Waals surface area contributed by atoms with Crippen molar-refractivity contribution in [3.05, 3.63) is 17.7 Å². The number of hydrogen-bond acceptors (Lipinski definition) is 5. The SMILES string of the molecule is COc1cc([C@@H](N)[C@@H](O)C(F)(F)F)cc(OC)c1O. The molecule has 0 heterocycles. The molecule has 8 heteroatoms. The van der Waals surface area contributed by atoms with Gasteiger partial charge in [-0.3, -0.25) is 0 Å². The Bertz CT molecular complexity index is 425. The largest absolute Gasteiger partial charge is 0.502 e. The summed E-state index contributed by atoms with van der Waals surface area (Å²) in [5.41, 5.74) is 5.29. The Kier molecular flexibility index (Phi) is 4.48. The summed E-state index contributed by atoms with van der Waals surface area (Å²) in [5.74, 6) is -0.555. The maximum absolute atomic E-state index is 12.4. The summed E-state index contributed by atoms with van der Waals surface area (Å²) in [7, 11) is 2.45. The third-order valence-electron chi connectivity index (χ3n) is 2.56. The molecule has 0 radical (unpaired) electrons. The van der Waals surface area contributed by atoms with E-state index in [9.17, 15) is 18.3 Å². The van der Waals surface area contributed by atoms with Crippen molar-refractivity contribution in [1.82, 2.24) is 0 Å². The van der Waals surface area contributed by atoms with Gasteiger partial charge in [-0.2, -0.15) is 13.2 Å². The first-order chi connectivity index (χ1) is 8.72. The van der Waals surface area contributed by atoms with Gasteiger partial charge in [-0.1, -0.05) is 0 Å². The highest BCUT2D eigenvalue weighted by molar-refractivity contribution is 5.53. The van der Waals surface area contributed by atoms with Gasteiger partial charge in [0.25, 0.3) is 0 Å². The smallest absolute Gasteiger partial charge is 0.416 e. The third-order valence-corrected chi connectivity index (χ3v) is 2.56. The molecule has 108 valence electrons. The fourth-order valence-electron chi connectivity index (χ4n) is 1.49. The number of nitrogens with two attached hydrogens (primary N) is 1. The van der Waals surface area contributed by atoms with Gasteiger partial charge < -0.3 is 25.4 Å². The zero-order valence-corrected chi connectivity index (χ0v) is 10.2. The first-order valence-corrected chi connectivity index (χ1v) is 5.17. The number of methoxy groups -OCH3 is 2. The van der Waals surface area contributed by atoms with Crippen LogP contribution in [0.3, 0.4) is 0 Å². The second kappa shape index (κ2) is 5.54. The molecule has 4 N–H and O–H groups in total. The van der Waals surface area contributed by atoms with Crippen LogP contribution in [-0.4, -0.2) is 36.7 Å². The number of alkyl halides is 3. The van der Waals surface area contributed by atoms with Gasteiger partial charge in [-0.15, -0.1) is 0 Å². The zero-order chi connectivity index (χ0) is 14.8. The average Bonchev–Trinajstić information content (AvgIpc) is 2.36. The van der Waals surface area contributed by atoms with Crippen LogP contribution < -0.4 is 15.2 Å². The summed E-state index contributed by atoms with van der Waals surface area (Å²) in [6.07, 6.45) is -7.58. The van der Waals surface area contributed by atoms with Crippen molar-refractivity contribution in [3.8, 4) is 17.2 Å². The summed E-state index contributed by atoms with van der Waals surface area (Å²) in [4.78, 5) is 0. The summed E-state index contributed by atoms with van der Waals surface area (Å²) >= 11 is 0. The molecule has 0 aromatic heterocycles. The zero-order valence-electron chi connectivity index (χ0n) is 10.2. The highest BCUT2D eigenvalue weighted by Gasteiger charge is 2.43. The van der Waals surface area contributed by atoms with Crippen LogP contribution in [0.1, 0.15) is 11.6 Å². The summed E-state index contributed by atoms with van der Waals surface area (Å²) < 4.78 is 46.8. The fourth-order valence-corrected chi connectivity index (χ4v) is 1.49. The highest BCUT2D eigenvalue weighted by Crippen LogP contribution is 2.40. The molecule has 1 aromatic carbocycles. The first-order valence-electron chi connectivity index (χ1n) is 5.17. The van der Waals surface area contributed by atoms with E-state index in [-0.39, 0.29) is 22.8 Å². The number of halogens is 3. The van der Waals surface area contributed by atoms with Crippen molar-refractivity contribution in [1.29, 1.82) is 0 Å². The molecule has 0 bridgehead atoms. The Balaban J connectivity index is 3.20. The van der Waals surface area contributed by atoms with E-state index in [0.717, 1.165) is 12.1 Å². The van der Waals surface area contributed by atoms with E-state index in [1.54, 1.807) is 0 Å². The number of rotatable bonds is 4. The van der Waals surface area contributed by atoms with Crippen molar-refractivity contribution in [2.75, 3.05) is 14.2 Å². The van der Waals surface area contributed by atoms with Crippen LogP contribution in [-0.2, 0) is 0 Å². The number of aliphatic hydroxyl groups is 1. The number of benzene rings is 1. The number of phenols is 1. The van der Waals surface area contributed by atoms with E-state index in [1.165, 1.54) is 14.2 Å². The third kappa shape index (κ3) is 3.21. The van der Waals surface area contributed by atoms with Crippen molar-refractivity contribution in [3.63, 3.8) is 0 Å². The van der Waals surface area contributed by atoms with E-state index >= 15 is 0 Å². The van der Waals surface area contributed by atoms with Gasteiger partial charge in [0, 0.05) is 0 Å². The topological polar surface area (TPSA) is 84.9 Å². The van der Waals surface area contributed by atoms with Crippen molar-refractivity contribution >= 4 is 0 Å². The van der Waals surface area contributed by atoms with Gasteiger partial charge >= 0.3 is 6.18 Å². The second-order valence-corrected chi connectivity index (χ2v) is 3.79. The molecular formula is C11H14F3NO4. The lowest BCUT2D eigenvalue weighted by atomic mass is 10.0. The summed E-state index contributed by atoms with van der Waals surface area (Å²) in [6, 6.07) is 0.498. The van der Waals surface area contributed by atoms with E-state index in [0.29, 0.717) is 0 Å². The van der Waals surface area contributed by atoms with E-state index in [2.05, 4.69) is 0 Å². The predicted octanol–water partition coefficient (Wildman–Crippen LogP) is 1.33. The molecule has 0 aliphatic heterocycles. The van der Waals surface area contributed by atoms with Crippen LogP contribution in [0.25, 0.3) is 0 Å². The van der Waals surface area contributed by atoms with Crippen LogP contribution in [0, 0.1) is 0 Å². The van der Waals surface area contributed by atoms with Crippen molar-refractivity contribution in [2.24, 2.45) is 5.73 Å². The fraction of sp³-hybridized carbons (Fsp3) is 0.455. The molecule has 0 fully saturated rings. The lowest BCUT2D eigenvalue weighted by Crippen LogP contribution is -2.38. The van der Waals surface area contributed by atoms with Crippen LogP contribution in [0.4, 0.5) is 13.2 Å². The molecule has 5 nitrogen and oxygen atoms in total. The number of aliphatic hydroxyl groups excluding tert-OH is 1. The molecule has 0 amide bonds. The van der Waals surface area contributed by atoms with E-state index in [1.807, 2.05) is 0 Å². The lowest BCUT2D eigenvalue weighted by Gasteiger charge is -2.22. The van der Waals surface area contributed by atoms with E-state index in [4.69, 9.17) is 20.3 Å². The molecule has 0 aliphatic carbocycles. The highest BCUT2D eigenvalue weighted by atomic mass is 19.4. The minimum atomic E-state index is -4.85. The monoisotopic (exact) mass is 281 g/mol. The quantitative estimate of drug-likeness (QED) is 0.775. The van der Waals surface area contributed by atoms with Gasteiger partial charge in [0.15, 0.2) is 17.6 Å². The molecular weight excluding hydrogens is 267 g/mol. The molecule has 0 spiro atoms. The van der Waals surface area contributed by atoms with Crippen LogP contribution >= 0.6 is 0 Å².